The highest BCUT2D eigenvalue weighted by Gasteiger charge is 2.24. The molecule has 0 aliphatic rings. The van der Waals surface area contributed by atoms with Crippen LogP contribution < -0.4 is 10.1 Å². The van der Waals surface area contributed by atoms with E-state index in [4.69, 9.17) is 4.74 Å². The molecule has 2 aromatic carbocycles. The van der Waals surface area contributed by atoms with Crippen LogP contribution >= 0.6 is 0 Å². The first-order valence-electron chi connectivity index (χ1n) is 9.86. The molecule has 168 valence electrons. The van der Waals surface area contributed by atoms with Gasteiger partial charge in [0, 0.05) is 18.3 Å². The highest BCUT2D eigenvalue weighted by molar-refractivity contribution is 5.92. The van der Waals surface area contributed by atoms with Crippen LogP contribution in [0.5, 0.6) is 5.75 Å². The number of non-ortho nitro benzene ring substituents is 1. The van der Waals surface area contributed by atoms with Gasteiger partial charge in [0.2, 0.25) is 0 Å². The van der Waals surface area contributed by atoms with Crippen LogP contribution in [0.15, 0.2) is 54.7 Å². The Bertz CT molecular complexity index is 1100. The third-order valence-electron chi connectivity index (χ3n) is 4.91. The lowest BCUT2D eigenvalue weighted by molar-refractivity contribution is -0.384. The van der Waals surface area contributed by atoms with E-state index in [0.29, 0.717) is 5.56 Å². The Morgan fingerprint density at radius 2 is 1.94 bits per heavy atom. The van der Waals surface area contributed by atoms with Gasteiger partial charge < -0.3 is 20.3 Å². The fraction of sp³-hybridized carbons (Fsp3) is 0.273. The number of nitrogens with zero attached hydrogens (tertiary/aromatic N) is 3. The van der Waals surface area contributed by atoms with E-state index in [1.165, 1.54) is 35.0 Å². The van der Waals surface area contributed by atoms with Gasteiger partial charge in [-0.1, -0.05) is 12.1 Å². The van der Waals surface area contributed by atoms with E-state index >= 15 is 0 Å². The molecule has 0 aliphatic heterocycles. The number of nitro benzene ring substituents is 1. The molecule has 1 aromatic heterocycles. The van der Waals surface area contributed by atoms with E-state index in [1.807, 2.05) is 32.0 Å². The van der Waals surface area contributed by atoms with E-state index in [1.54, 1.807) is 6.20 Å². The molecule has 10 heteroatoms. The van der Waals surface area contributed by atoms with Crippen LogP contribution in [-0.4, -0.2) is 43.5 Å². The fourth-order valence-electron chi connectivity index (χ4n) is 3.05. The maximum atomic E-state index is 12.5. The van der Waals surface area contributed by atoms with E-state index in [9.17, 15) is 25.1 Å². The van der Waals surface area contributed by atoms with Crippen molar-refractivity contribution in [1.29, 1.82) is 0 Å². The zero-order valence-electron chi connectivity index (χ0n) is 17.6. The molecule has 0 bridgehead atoms. The molecule has 0 saturated carbocycles. The number of nitrogens with one attached hydrogen (secondary N) is 1. The standard InChI is InChI=1S/C22H24N4O6/c1-14-3-4-15(2)20(11-14)32-13-25-10-9-18(24-25)22(29)23-19(12-27)21(28)16-5-7-17(8-6-16)26(30)31/h3-11,19,21,27-28H,12-13H2,1-2H3,(H,23,29). The SMILES string of the molecule is Cc1ccc(C)c(OCn2ccc(C(=O)NC(CO)C(O)c3ccc([N+](=O)[O-])cc3)n2)c1. The Balaban J connectivity index is 1.62. The van der Waals surface area contributed by atoms with Gasteiger partial charge in [-0.3, -0.25) is 14.9 Å². The summed E-state index contributed by atoms with van der Waals surface area (Å²) in [7, 11) is 0. The maximum absolute atomic E-state index is 12.5. The van der Waals surface area contributed by atoms with E-state index in [-0.39, 0.29) is 18.1 Å². The van der Waals surface area contributed by atoms with E-state index in [0.717, 1.165) is 16.9 Å². The van der Waals surface area contributed by atoms with Crippen molar-refractivity contribution in [2.24, 2.45) is 0 Å². The molecule has 3 N–H and O–H groups in total. The van der Waals surface area contributed by atoms with Crippen molar-refractivity contribution in [3.8, 4) is 5.75 Å². The predicted molar refractivity (Wildman–Crippen MR) is 115 cm³/mol. The van der Waals surface area contributed by atoms with Gasteiger partial charge >= 0.3 is 0 Å². The topological polar surface area (TPSA) is 140 Å². The van der Waals surface area contributed by atoms with Gasteiger partial charge in [-0.15, -0.1) is 0 Å². The summed E-state index contributed by atoms with van der Waals surface area (Å²) in [4.78, 5) is 22.7. The molecule has 3 aromatic rings. The van der Waals surface area contributed by atoms with Gasteiger partial charge in [-0.05, 0) is 54.8 Å². The van der Waals surface area contributed by atoms with Crippen LogP contribution in [0.25, 0.3) is 0 Å². The van der Waals surface area contributed by atoms with Crippen LogP contribution in [0, 0.1) is 24.0 Å². The average Bonchev–Trinajstić information content (AvgIpc) is 3.26. The Morgan fingerprint density at radius 1 is 1.22 bits per heavy atom. The molecule has 2 atom stereocenters. The number of hydrogen-bond donors (Lipinski definition) is 3. The Morgan fingerprint density at radius 3 is 2.59 bits per heavy atom. The summed E-state index contributed by atoms with van der Waals surface area (Å²) in [6.45, 7) is 3.46. The molecule has 2 unspecified atom stereocenters. The number of aryl methyl sites for hydroxylation is 2. The lowest BCUT2D eigenvalue weighted by Gasteiger charge is -2.22. The number of hydrogen-bond acceptors (Lipinski definition) is 7. The number of benzene rings is 2. The maximum Gasteiger partial charge on any atom is 0.272 e. The summed E-state index contributed by atoms with van der Waals surface area (Å²) in [5.41, 5.74) is 2.32. The molecule has 0 aliphatic carbocycles. The highest BCUT2D eigenvalue weighted by atomic mass is 16.6. The third-order valence-corrected chi connectivity index (χ3v) is 4.91. The first-order valence-corrected chi connectivity index (χ1v) is 9.86. The first kappa shape index (κ1) is 22.9. The zero-order chi connectivity index (χ0) is 23.3. The molecule has 0 spiro atoms. The summed E-state index contributed by atoms with van der Waals surface area (Å²) in [6.07, 6.45) is 0.320. The van der Waals surface area contributed by atoms with Gasteiger partial charge in [0.05, 0.1) is 17.6 Å². The normalized spacial score (nSPS) is 12.8. The monoisotopic (exact) mass is 440 g/mol. The fourth-order valence-corrected chi connectivity index (χ4v) is 3.05. The number of aromatic nitrogens is 2. The average molecular weight is 440 g/mol. The number of ether oxygens (including phenoxy) is 1. The summed E-state index contributed by atoms with van der Waals surface area (Å²) < 4.78 is 7.22. The second kappa shape index (κ2) is 10.0. The molecular formula is C22H24N4O6. The lowest BCUT2D eigenvalue weighted by atomic mass is 10.0. The zero-order valence-corrected chi connectivity index (χ0v) is 17.6. The van der Waals surface area contributed by atoms with Crippen molar-refractivity contribution in [3.63, 3.8) is 0 Å². The molecular weight excluding hydrogens is 416 g/mol. The van der Waals surface area contributed by atoms with Gasteiger partial charge in [0.1, 0.15) is 17.5 Å². The number of amides is 1. The lowest BCUT2D eigenvalue weighted by Crippen LogP contribution is -2.42. The largest absolute Gasteiger partial charge is 0.471 e. The minimum Gasteiger partial charge on any atom is -0.471 e. The third kappa shape index (κ3) is 5.48. The Kier molecular flexibility index (Phi) is 7.18. The minimum absolute atomic E-state index is 0.0870. The number of carbonyl (C=O) groups is 1. The smallest absolute Gasteiger partial charge is 0.272 e. The number of aliphatic hydroxyl groups excluding tert-OH is 2. The number of carbonyl (C=O) groups excluding carboxylic acids is 1. The van der Waals surface area contributed by atoms with Crippen LogP contribution in [0.4, 0.5) is 5.69 Å². The van der Waals surface area contributed by atoms with Crippen molar-refractivity contribution < 1.29 is 24.7 Å². The number of rotatable bonds is 9. The van der Waals surface area contributed by atoms with Crippen molar-refractivity contribution in [1.82, 2.24) is 15.1 Å². The van der Waals surface area contributed by atoms with Crippen molar-refractivity contribution in [2.75, 3.05) is 6.61 Å². The Hall–Kier alpha value is -3.76. The summed E-state index contributed by atoms with van der Waals surface area (Å²) >= 11 is 0. The molecule has 10 nitrogen and oxygen atoms in total. The van der Waals surface area contributed by atoms with Crippen LogP contribution in [0.2, 0.25) is 0 Å². The van der Waals surface area contributed by atoms with Gasteiger partial charge in [0.25, 0.3) is 11.6 Å². The highest BCUT2D eigenvalue weighted by Crippen LogP contribution is 2.21. The molecule has 1 amide bonds. The number of aliphatic hydroxyl groups is 2. The second-order valence-corrected chi connectivity index (χ2v) is 7.34. The van der Waals surface area contributed by atoms with Gasteiger partial charge in [0.15, 0.2) is 6.73 Å². The quantitative estimate of drug-likeness (QED) is 0.342. The number of nitro groups is 1. The molecule has 0 radical (unpaired) electrons. The Labute approximate surface area is 184 Å². The summed E-state index contributed by atoms with van der Waals surface area (Å²) in [5, 5.41) is 37.6. The molecule has 32 heavy (non-hydrogen) atoms. The van der Waals surface area contributed by atoms with E-state index in [2.05, 4.69) is 10.4 Å². The van der Waals surface area contributed by atoms with Gasteiger partial charge in [-0.25, -0.2) is 4.68 Å². The minimum atomic E-state index is -1.26. The predicted octanol–water partition coefficient (Wildman–Crippen LogP) is 2.27. The van der Waals surface area contributed by atoms with Crippen LogP contribution in [0.3, 0.4) is 0 Å². The van der Waals surface area contributed by atoms with Gasteiger partial charge in [-0.2, -0.15) is 5.10 Å². The molecule has 0 saturated heterocycles. The van der Waals surface area contributed by atoms with Crippen molar-refractivity contribution in [3.05, 3.63) is 87.2 Å². The second-order valence-electron chi connectivity index (χ2n) is 7.34. The molecule has 1 heterocycles. The van der Waals surface area contributed by atoms with Crippen LogP contribution in [-0.2, 0) is 6.73 Å². The van der Waals surface area contributed by atoms with Crippen molar-refractivity contribution >= 4 is 11.6 Å². The molecule has 0 fully saturated rings. The summed E-state index contributed by atoms with van der Waals surface area (Å²) in [5.74, 6) is 0.133. The summed E-state index contributed by atoms with van der Waals surface area (Å²) in [6, 6.07) is 11.6. The first-order chi connectivity index (χ1) is 15.3. The van der Waals surface area contributed by atoms with Crippen LogP contribution in [0.1, 0.15) is 33.3 Å². The molecule has 3 rings (SSSR count). The van der Waals surface area contributed by atoms with E-state index < -0.39 is 29.6 Å². The van der Waals surface area contributed by atoms with Crippen molar-refractivity contribution in [2.45, 2.75) is 32.7 Å².